The topological polar surface area (TPSA) is 58.2 Å². The maximum absolute atomic E-state index is 12.3. The van der Waals surface area contributed by atoms with Crippen molar-refractivity contribution in [1.29, 1.82) is 0 Å². The van der Waals surface area contributed by atoms with Crippen molar-refractivity contribution < 1.29 is 18.4 Å². The van der Waals surface area contributed by atoms with Gasteiger partial charge in [0, 0.05) is 23.1 Å². The van der Waals surface area contributed by atoms with Crippen LogP contribution in [0.3, 0.4) is 0 Å². The highest BCUT2D eigenvalue weighted by atomic mass is 35.5. The largest absolute Gasteiger partial charge is 0.325 e. The van der Waals surface area contributed by atoms with E-state index in [1.807, 2.05) is 0 Å². The predicted molar refractivity (Wildman–Crippen MR) is 92.0 cm³/mol. The maximum Gasteiger partial charge on any atom is 0.288 e. The number of carbonyl (C=O) groups is 2. The third-order valence-corrected chi connectivity index (χ3v) is 3.93. The van der Waals surface area contributed by atoms with E-state index in [9.17, 15) is 18.4 Å². The summed E-state index contributed by atoms with van der Waals surface area (Å²) < 4.78 is 24.5. The summed E-state index contributed by atoms with van der Waals surface area (Å²) in [6.45, 7) is 1.35. The van der Waals surface area contributed by atoms with Crippen molar-refractivity contribution in [3.8, 4) is 0 Å². The second-order valence-corrected chi connectivity index (χ2v) is 6.20. The molecule has 4 nitrogen and oxygen atoms in total. The van der Waals surface area contributed by atoms with Crippen LogP contribution in [0.2, 0.25) is 5.02 Å². The van der Waals surface area contributed by atoms with Crippen molar-refractivity contribution in [2.24, 2.45) is 0 Å². The van der Waals surface area contributed by atoms with Gasteiger partial charge in [0.2, 0.25) is 5.91 Å². The molecule has 0 aliphatic carbocycles. The van der Waals surface area contributed by atoms with Crippen molar-refractivity contribution >= 4 is 46.6 Å². The molecule has 2 amide bonds. The lowest BCUT2D eigenvalue weighted by Crippen LogP contribution is -2.12. The van der Waals surface area contributed by atoms with Gasteiger partial charge in [-0.3, -0.25) is 9.59 Å². The smallest absolute Gasteiger partial charge is 0.288 e. The number of benzene rings is 2. The van der Waals surface area contributed by atoms with Gasteiger partial charge in [-0.05, 0) is 42.5 Å². The Morgan fingerprint density at radius 1 is 1.08 bits per heavy atom. The van der Waals surface area contributed by atoms with Gasteiger partial charge in [0.05, 0.1) is 10.7 Å². The molecule has 0 spiro atoms. The van der Waals surface area contributed by atoms with Crippen LogP contribution in [-0.2, 0) is 4.79 Å². The first-order chi connectivity index (χ1) is 11.3. The number of hydrogen-bond donors (Lipinski definition) is 2. The molecule has 8 heteroatoms. The van der Waals surface area contributed by atoms with Crippen LogP contribution in [-0.4, -0.2) is 17.6 Å². The van der Waals surface area contributed by atoms with Crippen LogP contribution in [0.5, 0.6) is 0 Å². The van der Waals surface area contributed by atoms with Crippen LogP contribution in [0, 0.1) is 0 Å². The van der Waals surface area contributed by atoms with E-state index in [0.29, 0.717) is 38.6 Å². The number of amides is 2. The molecular formula is C16H13ClF2N2O2S. The Bertz CT molecular complexity index is 754. The van der Waals surface area contributed by atoms with Crippen molar-refractivity contribution in [2.45, 2.75) is 17.6 Å². The highest BCUT2D eigenvalue weighted by molar-refractivity contribution is 7.99. The van der Waals surface area contributed by atoms with Crippen molar-refractivity contribution in [3.63, 3.8) is 0 Å². The molecule has 0 saturated carbocycles. The van der Waals surface area contributed by atoms with E-state index >= 15 is 0 Å². The molecule has 0 fully saturated rings. The van der Waals surface area contributed by atoms with Gasteiger partial charge in [0.1, 0.15) is 0 Å². The van der Waals surface area contributed by atoms with E-state index in [1.165, 1.54) is 37.3 Å². The number of anilines is 2. The number of thioether (sulfide) groups is 1. The number of carbonyl (C=O) groups excluding carboxylic acids is 2. The average Bonchev–Trinajstić information content (AvgIpc) is 2.50. The average molecular weight is 371 g/mol. The van der Waals surface area contributed by atoms with Gasteiger partial charge in [0.25, 0.3) is 11.7 Å². The Morgan fingerprint density at radius 2 is 1.75 bits per heavy atom. The monoisotopic (exact) mass is 370 g/mol. The van der Waals surface area contributed by atoms with Crippen LogP contribution in [0.25, 0.3) is 0 Å². The van der Waals surface area contributed by atoms with Gasteiger partial charge >= 0.3 is 0 Å². The molecule has 0 radical (unpaired) electrons. The second kappa shape index (κ2) is 8.12. The zero-order valence-electron chi connectivity index (χ0n) is 12.5. The third kappa shape index (κ3) is 5.21. The van der Waals surface area contributed by atoms with Gasteiger partial charge in [-0.2, -0.15) is 8.78 Å². The van der Waals surface area contributed by atoms with E-state index in [-0.39, 0.29) is 5.91 Å². The molecule has 24 heavy (non-hydrogen) atoms. The minimum Gasteiger partial charge on any atom is -0.325 e. The molecule has 0 bridgehead atoms. The number of halogens is 3. The Labute approximate surface area is 146 Å². The lowest BCUT2D eigenvalue weighted by molar-refractivity contribution is -0.114. The molecule has 0 aromatic heterocycles. The van der Waals surface area contributed by atoms with Crippen molar-refractivity contribution in [3.05, 3.63) is 53.1 Å². The first-order valence-electron chi connectivity index (χ1n) is 6.78. The lowest BCUT2D eigenvalue weighted by Gasteiger charge is -2.10. The van der Waals surface area contributed by atoms with Gasteiger partial charge in [-0.25, -0.2) is 0 Å². The standard InChI is InChI=1S/C16H13ClF2N2O2S/c1-9(22)20-14-8-11(4-7-13(14)17)21-15(23)10-2-5-12(6-3-10)24-16(18)19/h2-8,16H,1H3,(H,20,22)(H,21,23). The summed E-state index contributed by atoms with van der Waals surface area (Å²) in [5.41, 5.74) is 1.15. The Hall–Kier alpha value is -2.12. The first kappa shape index (κ1) is 18.2. The molecule has 0 heterocycles. The van der Waals surface area contributed by atoms with E-state index < -0.39 is 11.7 Å². The second-order valence-electron chi connectivity index (χ2n) is 4.73. The fourth-order valence-electron chi connectivity index (χ4n) is 1.88. The molecular weight excluding hydrogens is 358 g/mol. The summed E-state index contributed by atoms with van der Waals surface area (Å²) >= 11 is 6.37. The number of alkyl halides is 2. The molecule has 2 N–H and O–H groups in total. The van der Waals surface area contributed by atoms with Crippen LogP contribution < -0.4 is 10.6 Å². The number of nitrogens with one attached hydrogen (secondary N) is 2. The first-order valence-corrected chi connectivity index (χ1v) is 8.04. The summed E-state index contributed by atoms with van der Waals surface area (Å²) in [5, 5.41) is 5.56. The van der Waals surface area contributed by atoms with E-state index in [1.54, 1.807) is 12.1 Å². The zero-order valence-corrected chi connectivity index (χ0v) is 14.0. The molecule has 2 aromatic rings. The lowest BCUT2D eigenvalue weighted by atomic mass is 10.2. The van der Waals surface area contributed by atoms with Crippen LogP contribution in [0.1, 0.15) is 17.3 Å². The fraction of sp³-hybridized carbons (Fsp3) is 0.125. The predicted octanol–water partition coefficient (Wildman–Crippen LogP) is 4.87. The summed E-state index contributed by atoms with van der Waals surface area (Å²) in [7, 11) is 0. The molecule has 0 aliphatic rings. The Balaban J connectivity index is 2.10. The molecule has 0 atom stereocenters. The van der Waals surface area contributed by atoms with Crippen molar-refractivity contribution in [1.82, 2.24) is 0 Å². The molecule has 2 rings (SSSR count). The van der Waals surface area contributed by atoms with Gasteiger partial charge in [-0.1, -0.05) is 23.4 Å². The van der Waals surface area contributed by atoms with E-state index in [0.717, 1.165) is 0 Å². The van der Waals surface area contributed by atoms with Gasteiger partial charge in [-0.15, -0.1) is 0 Å². The summed E-state index contributed by atoms with van der Waals surface area (Å²) in [6.07, 6.45) is 0. The summed E-state index contributed by atoms with van der Waals surface area (Å²) in [4.78, 5) is 23.7. The quantitative estimate of drug-likeness (QED) is 0.738. The molecule has 126 valence electrons. The SMILES string of the molecule is CC(=O)Nc1cc(NC(=O)c2ccc(SC(F)F)cc2)ccc1Cl. The fourth-order valence-corrected chi connectivity index (χ4v) is 2.54. The Kier molecular flexibility index (Phi) is 6.16. The van der Waals surface area contributed by atoms with E-state index in [2.05, 4.69) is 10.6 Å². The van der Waals surface area contributed by atoms with Gasteiger partial charge < -0.3 is 10.6 Å². The van der Waals surface area contributed by atoms with Crippen LogP contribution >= 0.6 is 23.4 Å². The van der Waals surface area contributed by atoms with Crippen molar-refractivity contribution in [2.75, 3.05) is 10.6 Å². The van der Waals surface area contributed by atoms with E-state index in [4.69, 9.17) is 11.6 Å². The van der Waals surface area contributed by atoms with Crippen LogP contribution in [0.4, 0.5) is 20.2 Å². The summed E-state index contributed by atoms with van der Waals surface area (Å²) in [5.74, 6) is -3.20. The normalized spacial score (nSPS) is 10.5. The molecule has 2 aromatic carbocycles. The van der Waals surface area contributed by atoms with Gasteiger partial charge in [0.15, 0.2) is 0 Å². The van der Waals surface area contributed by atoms with Crippen LogP contribution in [0.15, 0.2) is 47.4 Å². The number of rotatable bonds is 5. The third-order valence-electron chi connectivity index (χ3n) is 2.88. The minimum atomic E-state index is -2.51. The molecule has 0 saturated heterocycles. The number of hydrogen-bond acceptors (Lipinski definition) is 3. The molecule has 0 aliphatic heterocycles. The summed E-state index contributed by atoms with van der Waals surface area (Å²) in [6, 6.07) is 10.5. The highest BCUT2D eigenvalue weighted by Gasteiger charge is 2.10. The zero-order chi connectivity index (χ0) is 17.7. The Morgan fingerprint density at radius 3 is 2.33 bits per heavy atom. The highest BCUT2D eigenvalue weighted by Crippen LogP contribution is 2.27. The molecule has 0 unspecified atom stereocenters. The maximum atomic E-state index is 12.3. The minimum absolute atomic E-state index is 0.285.